The average molecular weight is 356 g/mol. The molecule has 0 radical (unpaired) electrons. The molecule has 0 bridgehead atoms. The van der Waals surface area contributed by atoms with Crippen LogP contribution in [0.25, 0.3) is 6.08 Å². The molecule has 0 aliphatic rings. The maximum Gasteiger partial charge on any atom is 0.292 e. The Hall–Kier alpha value is -3.19. The number of carbonyl (C=O) groups excluding carboxylic acids is 1. The molecule has 0 spiro atoms. The number of carbonyl (C=O) groups is 1. The minimum Gasteiger partial charge on any atom is -0.491 e. The van der Waals surface area contributed by atoms with Crippen molar-refractivity contribution in [2.24, 2.45) is 0 Å². The van der Waals surface area contributed by atoms with Crippen LogP contribution in [0, 0.1) is 10.1 Å². The number of hydrogen-bond acceptors (Lipinski definition) is 6. The molecule has 2 aromatic rings. The van der Waals surface area contributed by atoms with Gasteiger partial charge in [0.05, 0.1) is 11.5 Å². The molecule has 26 heavy (non-hydrogen) atoms. The second-order valence-electron chi connectivity index (χ2n) is 5.35. The molecule has 0 amide bonds. The lowest BCUT2D eigenvalue weighted by Crippen LogP contribution is -2.04. The van der Waals surface area contributed by atoms with E-state index < -0.39 is 4.92 Å². The lowest BCUT2D eigenvalue weighted by molar-refractivity contribution is -0.383. The second-order valence-corrected chi connectivity index (χ2v) is 5.35. The minimum atomic E-state index is -0.465. The molecule has 0 aliphatic heterocycles. The molecule has 7 heteroatoms. The molecule has 0 saturated carbocycles. The van der Waals surface area contributed by atoms with E-state index in [0.717, 1.165) is 0 Å². The first-order valence-corrected chi connectivity index (χ1v) is 7.95. The smallest absolute Gasteiger partial charge is 0.292 e. The Morgan fingerprint density at radius 3 is 2.54 bits per heavy atom. The number of allylic oxidation sites excluding steroid dienone is 1. The molecule has 0 fully saturated rings. The molecule has 0 aromatic heterocycles. The van der Waals surface area contributed by atoms with E-state index in [4.69, 9.17) is 9.47 Å². The van der Waals surface area contributed by atoms with E-state index >= 15 is 0 Å². The van der Waals surface area contributed by atoms with Crippen molar-refractivity contribution in [1.29, 1.82) is 0 Å². The molecule has 0 atom stereocenters. The Bertz CT molecular complexity index is 800. The summed E-state index contributed by atoms with van der Waals surface area (Å²) in [6.45, 7) is 0.924. The third-order valence-corrected chi connectivity index (χ3v) is 3.61. The first kappa shape index (κ1) is 19.1. The fourth-order valence-corrected chi connectivity index (χ4v) is 2.24. The molecule has 7 nitrogen and oxygen atoms in total. The Morgan fingerprint density at radius 2 is 1.92 bits per heavy atom. The number of rotatable bonds is 9. The highest BCUT2D eigenvalue weighted by Gasteiger charge is 2.12. The van der Waals surface area contributed by atoms with Crippen molar-refractivity contribution in [2.75, 3.05) is 32.7 Å². The van der Waals surface area contributed by atoms with Crippen molar-refractivity contribution in [3.8, 4) is 5.75 Å². The van der Waals surface area contributed by atoms with Crippen LogP contribution in [0.3, 0.4) is 0 Å². The van der Waals surface area contributed by atoms with E-state index in [2.05, 4.69) is 5.32 Å². The van der Waals surface area contributed by atoms with Crippen LogP contribution in [0.4, 0.5) is 11.4 Å². The monoisotopic (exact) mass is 356 g/mol. The highest BCUT2D eigenvalue weighted by molar-refractivity contribution is 6.06. The molecule has 136 valence electrons. The third-order valence-electron chi connectivity index (χ3n) is 3.61. The number of anilines is 1. The van der Waals surface area contributed by atoms with Crippen molar-refractivity contribution < 1.29 is 19.2 Å². The lowest BCUT2D eigenvalue weighted by atomic mass is 10.1. The number of ether oxygens (including phenoxy) is 2. The van der Waals surface area contributed by atoms with Crippen molar-refractivity contribution in [1.82, 2.24) is 0 Å². The summed E-state index contributed by atoms with van der Waals surface area (Å²) in [7, 11) is 3.21. The van der Waals surface area contributed by atoms with Crippen LogP contribution < -0.4 is 10.1 Å². The van der Waals surface area contributed by atoms with E-state index in [9.17, 15) is 14.9 Å². The van der Waals surface area contributed by atoms with Gasteiger partial charge < -0.3 is 14.8 Å². The van der Waals surface area contributed by atoms with Crippen LogP contribution in [-0.4, -0.2) is 38.1 Å². The zero-order valence-electron chi connectivity index (χ0n) is 14.6. The summed E-state index contributed by atoms with van der Waals surface area (Å²) in [6.07, 6.45) is 2.94. The predicted molar refractivity (Wildman–Crippen MR) is 99.8 cm³/mol. The molecule has 0 heterocycles. The standard InChI is InChI=1S/C19H20N2O5/c1-20-17-9-3-14(13-18(17)21(23)24)4-10-19(22)15-5-7-16(8-6-15)26-12-11-25-2/h3-10,13,20H,11-12H2,1-2H3. The van der Waals surface area contributed by atoms with Gasteiger partial charge in [0.1, 0.15) is 18.0 Å². The second kappa shape index (κ2) is 9.33. The van der Waals surface area contributed by atoms with Crippen LogP contribution in [0.5, 0.6) is 5.75 Å². The van der Waals surface area contributed by atoms with Crippen LogP contribution >= 0.6 is 0 Å². The van der Waals surface area contributed by atoms with Crippen LogP contribution in [0.2, 0.25) is 0 Å². The van der Waals surface area contributed by atoms with Crippen LogP contribution in [0.1, 0.15) is 15.9 Å². The topological polar surface area (TPSA) is 90.7 Å². The van der Waals surface area contributed by atoms with Crippen molar-refractivity contribution in [2.45, 2.75) is 0 Å². The molecule has 2 aromatic carbocycles. The lowest BCUT2D eigenvalue weighted by Gasteiger charge is -2.05. The SMILES string of the molecule is CNc1ccc(C=CC(=O)c2ccc(OCCOC)cc2)cc1[N+](=O)[O-]. The zero-order chi connectivity index (χ0) is 18.9. The number of nitrogens with one attached hydrogen (secondary N) is 1. The number of methoxy groups -OCH3 is 1. The van der Waals surface area contributed by atoms with Gasteiger partial charge in [-0.1, -0.05) is 12.1 Å². The van der Waals surface area contributed by atoms with Crippen molar-refractivity contribution in [3.05, 3.63) is 69.8 Å². The first-order valence-electron chi connectivity index (χ1n) is 7.95. The van der Waals surface area contributed by atoms with E-state index in [-0.39, 0.29) is 11.5 Å². The fourth-order valence-electron chi connectivity index (χ4n) is 2.24. The van der Waals surface area contributed by atoms with Gasteiger partial charge in [-0.15, -0.1) is 0 Å². The van der Waals surface area contributed by atoms with Gasteiger partial charge in [0.25, 0.3) is 5.69 Å². The van der Waals surface area contributed by atoms with Gasteiger partial charge in [-0.05, 0) is 42.0 Å². The fraction of sp³-hybridized carbons (Fsp3) is 0.211. The third kappa shape index (κ3) is 5.15. The summed E-state index contributed by atoms with van der Waals surface area (Å²) < 4.78 is 10.3. The van der Waals surface area contributed by atoms with Crippen molar-refractivity contribution >= 4 is 23.2 Å². The van der Waals surface area contributed by atoms with E-state index in [1.807, 2.05) is 0 Å². The highest BCUT2D eigenvalue weighted by atomic mass is 16.6. The molecule has 1 N–H and O–H groups in total. The molecule has 0 aliphatic carbocycles. The maximum atomic E-state index is 12.2. The van der Waals surface area contributed by atoms with Gasteiger partial charge in [0.15, 0.2) is 5.78 Å². The van der Waals surface area contributed by atoms with Gasteiger partial charge >= 0.3 is 0 Å². The largest absolute Gasteiger partial charge is 0.491 e. The minimum absolute atomic E-state index is 0.0420. The van der Waals surface area contributed by atoms with Gasteiger partial charge in [0, 0.05) is 25.8 Å². The van der Waals surface area contributed by atoms with Gasteiger partial charge in [-0.25, -0.2) is 0 Å². The first-order chi connectivity index (χ1) is 12.5. The molecule has 2 rings (SSSR count). The Kier molecular flexibility index (Phi) is 6.87. The summed E-state index contributed by atoms with van der Waals surface area (Å²) in [5.74, 6) is 0.453. The molecular formula is C19H20N2O5. The molecule has 0 unspecified atom stereocenters. The normalized spacial score (nSPS) is 10.7. The summed E-state index contributed by atoms with van der Waals surface area (Å²) in [4.78, 5) is 22.8. The quantitative estimate of drug-likeness (QED) is 0.243. The van der Waals surface area contributed by atoms with E-state index in [0.29, 0.717) is 35.8 Å². The number of nitro groups is 1. The van der Waals surface area contributed by atoms with Gasteiger partial charge in [-0.2, -0.15) is 0 Å². The van der Waals surface area contributed by atoms with Crippen LogP contribution in [0.15, 0.2) is 48.5 Å². The Morgan fingerprint density at radius 1 is 1.19 bits per heavy atom. The summed E-state index contributed by atoms with van der Waals surface area (Å²) >= 11 is 0. The number of benzene rings is 2. The molecular weight excluding hydrogens is 336 g/mol. The van der Waals surface area contributed by atoms with Gasteiger partial charge in [0.2, 0.25) is 0 Å². The highest BCUT2D eigenvalue weighted by Crippen LogP contribution is 2.25. The summed E-state index contributed by atoms with van der Waals surface area (Å²) in [5, 5.41) is 13.8. The number of nitrogens with zero attached hydrogens (tertiary/aromatic N) is 1. The average Bonchev–Trinajstić information content (AvgIpc) is 2.66. The van der Waals surface area contributed by atoms with E-state index in [1.54, 1.807) is 56.6 Å². The van der Waals surface area contributed by atoms with Crippen LogP contribution in [-0.2, 0) is 4.74 Å². The summed E-state index contributed by atoms with van der Waals surface area (Å²) in [5.41, 5.74) is 1.45. The van der Waals surface area contributed by atoms with Gasteiger partial charge in [-0.3, -0.25) is 14.9 Å². The Balaban J connectivity index is 2.07. The number of nitro benzene ring substituents is 1. The predicted octanol–water partition coefficient (Wildman–Crippen LogP) is 3.56. The number of hydrogen-bond donors (Lipinski definition) is 1. The maximum absolute atomic E-state index is 12.2. The number of ketones is 1. The molecule has 0 saturated heterocycles. The summed E-state index contributed by atoms with van der Waals surface area (Å²) in [6, 6.07) is 11.5. The Labute approximate surface area is 151 Å². The van der Waals surface area contributed by atoms with E-state index in [1.165, 1.54) is 12.1 Å². The van der Waals surface area contributed by atoms with Crippen molar-refractivity contribution in [3.63, 3.8) is 0 Å². The zero-order valence-corrected chi connectivity index (χ0v) is 14.6.